The van der Waals surface area contributed by atoms with Crippen LogP contribution in [0.3, 0.4) is 0 Å². The Balaban J connectivity index is 1.72. The molecular formula is C32H32ClN3O3S. The summed E-state index contributed by atoms with van der Waals surface area (Å²) in [5.41, 5.74) is 2.65. The molecule has 0 spiro atoms. The molecule has 0 bridgehead atoms. The predicted octanol–water partition coefficient (Wildman–Crippen LogP) is 5.70. The normalized spacial score (nSPS) is 15.4. The van der Waals surface area contributed by atoms with E-state index >= 15 is 0 Å². The standard InChI is InChI=1S/C32H32ClN3O3S/c1-6-35(7-2)31(38)28-20(5)34-32-36(29(28)21-12-15-23(33)16-13-21)30(37)27(40-32)18-22-14-17-26(39-19(3)4)25-11-9-8-10-24(22)25/h8-19,29H,6-7H2,1-5H3/b27-18+/t29-/m1/s1. The van der Waals surface area contributed by atoms with Crippen LogP contribution in [0.15, 0.2) is 81.7 Å². The van der Waals surface area contributed by atoms with Crippen LogP contribution in [0, 0.1) is 0 Å². The molecule has 8 heteroatoms. The van der Waals surface area contributed by atoms with E-state index in [1.807, 2.05) is 89.2 Å². The number of carbonyl (C=O) groups is 1. The van der Waals surface area contributed by atoms with Crippen LogP contribution in [0.25, 0.3) is 16.8 Å². The second-order valence-electron chi connectivity index (χ2n) is 9.98. The molecule has 0 N–H and O–H groups in total. The van der Waals surface area contributed by atoms with Crippen molar-refractivity contribution in [3.63, 3.8) is 0 Å². The zero-order valence-electron chi connectivity index (χ0n) is 23.3. The maximum atomic E-state index is 14.1. The lowest BCUT2D eigenvalue weighted by molar-refractivity contribution is -0.127. The highest BCUT2D eigenvalue weighted by Crippen LogP contribution is 2.32. The number of rotatable bonds is 7. The monoisotopic (exact) mass is 573 g/mol. The summed E-state index contributed by atoms with van der Waals surface area (Å²) in [6.07, 6.45) is 1.96. The number of nitrogens with zero attached hydrogens (tertiary/aromatic N) is 3. The first-order valence-corrected chi connectivity index (χ1v) is 14.7. The van der Waals surface area contributed by atoms with Gasteiger partial charge < -0.3 is 9.64 Å². The summed E-state index contributed by atoms with van der Waals surface area (Å²) in [5.74, 6) is 0.689. The molecule has 0 aliphatic carbocycles. The maximum absolute atomic E-state index is 14.1. The molecular weight excluding hydrogens is 542 g/mol. The minimum absolute atomic E-state index is 0.0438. The number of thiazole rings is 1. The van der Waals surface area contributed by atoms with Crippen LogP contribution in [-0.2, 0) is 4.79 Å². The van der Waals surface area contributed by atoms with Crippen molar-refractivity contribution >= 4 is 45.7 Å². The third-order valence-electron chi connectivity index (χ3n) is 7.06. The number of allylic oxidation sites excluding steroid dienone is 1. The van der Waals surface area contributed by atoms with Crippen molar-refractivity contribution in [3.05, 3.63) is 108 Å². The van der Waals surface area contributed by atoms with E-state index in [-0.39, 0.29) is 17.6 Å². The van der Waals surface area contributed by atoms with Crippen LogP contribution in [-0.4, -0.2) is 34.6 Å². The van der Waals surface area contributed by atoms with Crippen molar-refractivity contribution in [1.82, 2.24) is 9.47 Å². The molecule has 1 atom stereocenters. The molecule has 0 radical (unpaired) electrons. The van der Waals surface area contributed by atoms with Crippen molar-refractivity contribution < 1.29 is 9.53 Å². The van der Waals surface area contributed by atoms with Gasteiger partial charge in [0, 0.05) is 23.5 Å². The molecule has 6 nitrogen and oxygen atoms in total. The summed E-state index contributed by atoms with van der Waals surface area (Å²) in [5, 5.41) is 2.57. The van der Waals surface area contributed by atoms with Gasteiger partial charge in [0.15, 0.2) is 4.80 Å². The zero-order chi connectivity index (χ0) is 28.6. The van der Waals surface area contributed by atoms with Crippen molar-refractivity contribution in [3.8, 4) is 5.75 Å². The first-order valence-electron chi connectivity index (χ1n) is 13.5. The van der Waals surface area contributed by atoms with Gasteiger partial charge in [0.05, 0.1) is 27.9 Å². The minimum atomic E-state index is -0.609. The van der Waals surface area contributed by atoms with Crippen LogP contribution in [0.2, 0.25) is 5.02 Å². The van der Waals surface area contributed by atoms with E-state index in [9.17, 15) is 9.59 Å². The quantitative estimate of drug-likeness (QED) is 0.285. The summed E-state index contributed by atoms with van der Waals surface area (Å²) in [4.78, 5) is 34.9. The molecule has 0 unspecified atom stereocenters. The first-order chi connectivity index (χ1) is 19.2. The Morgan fingerprint density at radius 1 is 1.07 bits per heavy atom. The van der Waals surface area contributed by atoms with Crippen LogP contribution in [0.1, 0.15) is 51.8 Å². The smallest absolute Gasteiger partial charge is 0.271 e. The number of carbonyl (C=O) groups excluding carboxylic acids is 1. The number of ether oxygens (including phenoxy) is 1. The van der Waals surface area contributed by atoms with Crippen molar-refractivity contribution in [2.24, 2.45) is 4.99 Å². The Bertz CT molecular complexity index is 1800. The number of hydrogen-bond acceptors (Lipinski definition) is 5. The van der Waals surface area contributed by atoms with Gasteiger partial charge in [0.25, 0.3) is 11.5 Å². The van der Waals surface area contributed by atoms with E-state index in [0.29, 0.717) is 38.7 Å². The van der Waals surface area contributed by atoms with Gasteiger partial charge >= 0.3 is 0 Å². The number of hydrogen-bond donors (Lipinski definition) is 0. The van der Waals surface area contributed by atoms with E-state index in [2.05, 4.69) is 0 Å². The highest BCUT2D eigenvalue weighted by atomic mass is 35.5. The molecule has 0 saturated heterocycles. The summed E-state index contributed by atoms with van der Waals surface area (Å²) < 4.78 is 8.24. The number of aromatic nitrogens is 1. The van der Waals surface area contributed by atoms with Gasteiger partial charge in [-0.2, -0.15) is 0 Å². The topological polar surface area (TPSA) is 63.9 Å². The average molecular weight is 574 g/mol. The SMILES string of the molecule is CCN(CC)C(=O)C1=C(C)N=c2s/c(=C/c3ccc(OC(C)C)c4ccccc34)c(=O)n2[C@@H]1c1ccc(Cl)cc1. The van der Waals surface area contributed by atoms with Gasteiger partial charge in [0.2, 0.25) is 0 Å². The largest absolute Gasteiger partial charge is 0.490 e. The number of halogens is 1. The Labute approximate surface area is 242 Å². The third-order valence-corrected chi connectivity index (χ3v) is 8.29. The fourth-order valence-electron chi connectivity index (χ4n) is 5.16. The molecule has 2 heterocycles. The molecule has 1 aromatic heterocycles. The molecule has 1 amide bonds. The molecule has 40 heavy (non-hydrogen) atoms. The predicted molar refractivity (Wildman–Crippen MR) is 163 cm³/mol. The number of amides is 1. The number of likely N-dealkylation sites (N-methyl/N-ethyl adjacent to an activating group) is 1. The Morgan fingerprint density at radius 3 is 2.40 bits per heavy atom. The summed E-state index contributed by atoms with van der Waals surface area (Å²) >= 11 is 7.53. The van der Waals surface area contributed by atoms with Gasteiger partial charge in [-0.1, -0.05) is 65.4 Å². The van der Waals surface area contributed by atoms with Crippen LogP contribution in [0.4, 0.5) is 0 Å². The van der Waals surface area contributed by atoms with Gasteiger partial charge in [0.1, 0.15) is 5.75 Å². The minimum Gasteiger partial charge on any atom is -0.490 e. The van der Waals surface area contributed by atoms with Crippen molar-refractivity contribution in [2.45, 2.75) is 46.8 Å². The van der Waals surface area contributed by atoms with Crippen LogP contribution in [0.5, 0.6) is 5.75 Å². The van der Waals surface area contributed by atoms with Gasteiger partial charge in [-0.25, -0.2) is 4.99 Å². The first kappa shape index (κ1) is 27.9. The van der Waals surface area contributed by atoms with E-state index in [0.717, 1.165) is 27.6 Å². The van der Waals surface area contributed by atoms with Crippen molar-refractivity contribution in [2.75, 3.05) is 13.1 Å². The Morgan fingerprint density at radius 2 is 1.75 bits per heavy atom. The molecule has 3 aromatic carbocycles. The molecule has 0 fully saturated rings. The summed E-state index contributed by atoms with van der Waals surface area (Å²) in [6.45, 7) is 10.9. The fraction of sp³-hybridized carbons (Fsp3) is 0.281. The molecule has 206 valence electrons. The van der Waals surface area contributed by atoms with Gasteiger partial charge in [-0.3, -0.25) is 14.2 Å². The number of fused-ring (bicyclic) bond motifs is 2. The van der Waals surface area contributed by atoms with Gasteiger partial charge in [-0.15, -0.1) is 0 Å². The average Bonchev–Trinajstić information content (AvgIpc) is 3.24. The lowest BCUT2D eigenvalue weighted by atomic mass is 9.94. The third kappa shape index (κ3) is 5.11. The zero-order valence-corrected chi connectivity index (χ0v) is 24.8. The van der Waals surface area contributed by atoms with Crippen LogP contribution < -0.4 is 19.6 Å². The number of benzene rings is 3. The Kier molecular flexibility index (Phi) is 7.97. The molecule has 1 aliphatic rings. The van der Waals surface area contributed by atoms with E-state index in [1.54, 1.807) is 21.6 Å². The summed E-state index contributed by atoms with van der Waals surface area (Å²) in [6, 6.07) is 18.7. The molecule has 5 rings (SSSR count). The lowest BCUT2D eigenvalue weighted by Gasteiger charge is -2.29. The second kappa shape index (κ2) is 11.4. The van der Waals surface area contributed by atoms with E-state index in [4.69, 9.17) is 21.3 Å². The molecule has 0 saturated carbocycles. The second-order valence-corrected chi connectivity index (χ2v) is 11.4. The highest BCUT2D eigenvalue weighted by molar-refractivity contribution is 7.07. The maximum Gasteiger partial charge on any atom is 0.271 e. The van der Waals surface area contributed by atoms with E-state index < -0.39 is 6.04 Å². The molecule has 4 aromatic rings. The fourth-order valence-corrected chi connectivity index (χ4v) is 6.32. The van der Waals surface area contributed by atoms with Gasteiger partial charge in [-0.05, 0) is 75.4 Å². The lowest BCUT2D eigenvalue weighted by Crippen LogP contribution is -2.43. The Hall–Kier alpha value is -3.68. The molecule has 1 aliphatic heterocycles. The highest BCUT2D eigenvalue weighted by Gasteiger charge is 2.34. The van der Waals surface area contributed by atoms with Crippen molar-refractivity contribution in [1.29, 1.82) is 0 Å². The summed E-state index contributed by atoms with van der Waals surface area (Å²) in [7, 11) is 0. The van der Waals surface area contributed by atoms with Crippen LogP contribution >= 0.6 is 22.9 Å². The van der Waals surface area contributed by atoms with E-state index in [1.165, 1.54) is 11.3 Å².